The summed E-state index contributed by atoms with van der Waals surface area (Å²) in [6.07, 6.45) is 2.99. The van der Waals surface area contributed by atoms with Gasteiger partial charge in [-0.1, -0.05) is 63.9 Å². The standard InChI is InChI=1S/C7H6O3.C7H6O2.C6H15NO.C6H12O2/c8-6-4-2-1-3-5(6)7(9)10;8-7(9)6-4-2-1-3-5-6;1-4-7(5-2)6(3)8;1-2-3-4-5-6(7)8/h1-4,8H,(H,9,10);1-5H,(H,8,9);6,8H,4-5H2,1-3H3;2-5H2,1H3,(H,7,8). The van der Waals surface area contributed by atoms with Gasteiger partial charge in [-0.05, 0) is 50.7 Å². The number of phenols is 1. The number of carboxylic acid groups (broad SMARTS) is 3. The Balaban J connectivity index is 0. The number of para-hydroxylation sites is 1. The largest absolute Gasteiger partial charge is 0.507 e. The summed E-state index contributed by atoms with van der Waals surface area (Å²) in [5, 5.41) is 42.8. The maximum absolute atomic E-state index is 10.3. The third kappa shape index (κ3) is 18.7. The Hall–Kier alpha value is -3.43. The Morgan fingerprint density at radius 1 is 0.800 bits per heavy atom. The smallest absolute Gasteiger partial charge is 0.339 e. The summed E-state index contributed by atoms with van der Waals surface area (Å²) in [5.74, 6) is -2.87. The van der Waals surface area contributed by atoms with Crippen LogP contribution in [0.1, 0.15) is 74.1 Å². The molecule has 2 aromatic carbocycles. The second-order valence-corrected chi connectivity index (χ2v) is 7.20. The molecule has 0 saturated heterocycles. The van der Waals surface area contributed by atoms with Crippen molar-refractivity contribution in [3.63, 3.8) is 0 Å². The molecule has 1 atom stereocenters. The first kappa shape index (κ1) is 33.7. The molecule has 0 fully saturated rings. The molecule has 196 valence electrons. The molecule has 2 aromatic rings. The van der Waals surface area contributed by atoms with E-state index in [1.807, 2.05) is 18.7 Å². The van der Waals surface area contributed by atoms with Crippen molar-refractivity contribution in [2.24, 2.45) is 0 Å². The van der Waals surface area contributed by atoms with Crippen LogP contribution in [0.2, 0.25) is 0 Å². The number of nitrogens with zero attached hydrogens (tertiary/aromatic N) is 1. The third-order valence-corrected chi connectivity index (χ3v) is 4.49. The van der Waals surface area contributed by atoms with E-state index in [2.05, 4.69) is 6.92 Å². The molecular weight excluding hydrogens is 454 g/mol. The third-order valence-electron chi connectivity index (χ3n) is 4.49. The van der Waals surface area contributed by atoms with Crippen molar-refractivity contribution in [2.75, 3.05) is 13.1 Å². The summed E-state index contributed by atoms with van der Waals surface area (Å²) in [6, 6.07) is 14.1. The number of aliphatic hydroxyl groups is 1. The molecule has 0 spiro atoms. The quantitative estimate of drug-likeness (QED) is 0.245. The first-order valence-corrected chi connectivity index (χ1v) is 11.4. The fourth-order valence-corrected chi connectivity index (χ4v) is 2.51. The Bertz CT molecular complexity index is 836. The Morgan fingerprint density at radius 2 is 1.31 bits per heavy atom. The van der Waals surface area contributed by atoms with E-state index in [4.69, 9.17) is 25.5 Å². The van der Waals surface area contributed by atoms with E-state index < -0.39 is 17.9 Å². The molecule has 0 bridgehead atoms. The highest BCUT2D eigenvalue weighted by Gasteiger charge is 2.05. The van der Waals surface area contributed by atoms with E-state index in [1.165, 1.54) is 12.1 Å². The van der Waals surface area contributed by atoms with Crippen LogP contribution in [0, 0.1) is 0 Å². The molecule has 9 nitrogen and oxygen atoms in total. The summed E-state index contributed by atoms with van der Waals surface area (Å²) in [7, 11) is 0. The number of aliphatic carboxylic acids is 1. The lowest BCUT2D eigenvalue weighted by molar-refractivity contribution is -0.137. The number of carbonyl (C=O) groups is 3. The highest BCUT2D eigenvalue weighted by Crippen LogP contribution is 2.14. The van der Waals surface area contributed by atoms with Gasteiger partial charge in [-0.2, -0.15) is 0 Å². The number of hydrogen-bond donors (Lipinski definition) is 5. The molecule has 0 aliphatic carbocycles. The maximum atomic E-state index is 10.3. The fraction of sp³-hybridized carbons (Fsp3) is 0.423. The van der Waals surface area contributed by atoms with Gasteiger partial charge in [-0.3, -0.25) is 9.69 Å². The van der Waals surface area contributed by atoms with Crippen LogP contribution >= 0.6 is 0 Å². The Kier molecular flexibility index (Phi) is 20.4. The molecule has 9 heteroatoms. The molecule has 0 aliphatic rings. The highest BCUT2D eigenvalue weighted by molar-refractivity contribution is 5.90. The lowest BCUT2D eigenvalue weighted by Crippen LogP contribution is -2.32. The number of aliphatic hydroxyl groups excluding tert-OH is 1. The number of aromatic hydroxyl groups is 1. The molecular formula is C26H39NO8. The van der Waals surface area contributed by atoms with Crippen LogP contribution in [-0.4, -0.2) is 67.7 Å². The number of benzene rings is 2. The monoisotopic (exact) mass is 493 g/mol. The van der Waals surface area contributed by atoms with Crippen molar-refractivity contribution >= 4 is 17.9 Å². The highest BCUT2D eigenvalue weighted by atomic mass is 16.4. The van der Waals surface area contributed by atoms with Crippen molar-refractivity contribution in [2.45, 2.75) is 59.6 Å². The Labute approximate surface area is 207 Å². The van der Waals surface area contributed by atoms with Gasteiger partial charge in [0.15, 0.2) is 0 Å². The molecule has 0 aliphatic heterocycles. The second kappa shape index (κ2) is 21.1. The van der Waals surface area contributed by atoms with Crippen LogP contribution in [0.4, 0.5) is 0 Å². The minimum absolute atomic E-state index is 0.0671. The van der Waals surface area contributed by atoms with E-state index in [0.29, 0.717) is 12.0 Å². The summed E-state index contributed by atoms with van der Waals surface area (Å²) in [4.78, 5) is 32.3. The zero-order valence-electron chi connectivity index (χ0n) is 20.9. The van der Waals surface area contributed by atoms with Gasteiger partial charge in [-0.25, -0.2) is 9.59 Å². The van der Waals surface area contributed by atoms with E-state index in [-0.39, 0.29) is 17.5 Å². The van der Waals surface area contributed by atoms with Gasteiger partial charge in [0.1, 0.15) is 17.5 Å². The summed E-state index contributed by atoms with van der Waals surface area (Å²) >= 11 is 0. The van der Waals surface area contributed by atoms with Crippen LogP contribution in [0.3, 0.4) is 0 Å². The van der Waals surface area contributed by atoms with Crippen molar-refractivity contribution in [3.8, 4) is 5.75 Å². The molecule has 0 heterocycles. The predicted octanol–water partition coefficient (Wildman–Crippen LogP) is 4.79. The van der Waals surface area contributed by atoms with Gasteiger partial charge in [0.2, 0.25) is 0 Å². The zero-order chi connectivity index (χ0) is 27.2. The molecule has 5 N–H and O–H groups in total. The first-order chi connectivity index (χ1) is 16.5. The number of rotatable bonds is 9. The minimum Gasteiger partial charge on any atom is -0.507 e. The van der Waals surface area contributed by atoms with Gasteiger partial charge in [0.25, 0.3) is 0 Å². The van der Waals surface area contributed by atoms with E-state index in [1.54, 1.807) is 49.4 Å². The lowest BCUT2D eigenvalue weighted by Gasteiger charge is -2.20. The normalized spacial score (nSPS) is 10.3. The van der Waals surface area contributed by atoms with Crippen LogP contribution in [0.25, 0.3) is 0 Å². The number of aromatic carboxylic acids is 2. The first-order valence-electron chi connectivity index (χ1n) is 11.4. The van der Waals surface area contributed by atoms with Crippen molar-refractivity contribution in [1.29, 1.82) is 0 Å². The lowest BCUT2D eigenvalue weighted by atomic mass is 10.2. The fourth-order valence-electron chi connectivity index (χ4n) is 2.51. The van der Waals surface area contributed by atoms with Crippen molar-refractivity contribution in [3.05, 3.63) is 65.7 Å². The van der Waals surface area contributed by atoms with Crippen molar-refractivity contribution < 1.29 is 39.9 Å². The minimum atomic E-state index is -1.11. The second-order valence-electron chi connectivity index (χ2n) is 7.20. The molecule has 35 heavy (non-hydrogen) atoms. The van der Waals surface area contributed by atoms with E-state index in [9.17, 15) is 14.4 Å². The molecule has 1 unspecified atom stereocenters. The number of unbranched alkanes of at least 4 members (excludes halogenated alkanes) is 2. The van der Waals surface area contributed by atoms with Crippen LogP contribution < -0.4 is 0 Å². The van der Waals surface area contributed by atoms with E-state index in [0.717, 1.165) is 32.4 Å². The van der Waals surface area contributed by atoms with Gasteiger partial charge in [0.05, 0.1) is 5.56 Å². The molecule has 0 radical (unpaired) electrons. The predicted molar refractivity (Wildman–Crippen MR) is 135 cm³/mol. The maximum Gasteiger partial charge on any atom is 0.339 e. The number of carboxylic acids is 3. The molecule has 2 rings (SSSR count). The van der Waals surface area contributed by atoms with E-state index >= 15 is 0 Å². The molecule has 0 saturated carbocycles. The van der Waals surface area contributed by atoms with Crippen molar-refractivity contribution in [1.82, 2.24) is 4.90 Å². The molecule has 0 amide bonds. The average molecular weight is 494 g/mol. The van der Waals surface area contributed by atoms with Crippen LogP contribution in [0.15, 0.2) is 54.6 Å². The number of hydrogen-bond acceptors (Lipinski definition) is 6. The summed E-state index contributed by atoms with van der Waals surface area (Å²) < 4.78 is 0. The van der Waals surface area contributed by atoms with Crippen LogP contribution in [0.5, 0.6) is 5.75 Å². The summed E-state index contributed by atoms with van der Waals surface area (Å²) in [5.41, 5.74) is 0.264. The van der Waals surface area contributed by atoms with Gasteiger partial charge >= 0.3 is 17.9 Å². The van der Waals surface area contributed by atoms with Gasteiger partial charge < -0.3 is 25.5 Å². The Morgan fingerprint density at radius 3 is 1.60 bits per heavy atom. The molecule has 0 aromatic heterocycles. The topological polar surface area (TPSA) is 156 Å². The summed E-state index contributed by atoms with van der Waals surface area (Å²) in [6.45, 7) is 9.77. The van der Waals surface area contributed by atoms with Gasteiger partial charge in [-0.15, -0.1) is 0 Å². The SMILES string of the molecule is CCCCCC(=O)O.CCN(CC)C(C)O.O=C(O)c1ccccc1.O=C(O)c1ccccc1O. The zero-order valence-corrected chi connectivity index (χ0v) is 20.9. The average Bonchev–Trinajstić information content (AvgIpc) is 2.81. The van der Waals surface area contributed by atoms with Gasteiger partial charge in [0, 0.05) is 6.42 Å². The van der Waals surface area contributed by atoms with Crippen LogP contribution in [-0.2, 0) is 4.79 Å².